The Morgan fingerprint density at radius 3 is 2.75 bits per heavy atom. The summed E-state index contributed by atoms with van der Waals surface area (Å²) in [6.07, 6.45) is 0.597. The molecule has 2 bridgehead atoms. The highest BCUT2D eigenvalue weighted by molar-refractivity contribution is 9.09. The number of alkyl halides is 1. The Labute approximate surface area is 170 Å². The number of carbonyl (C=O) groups excluding carboxylic acids is 3. The molecule has 1 amide bonds. The molecule has 3 aliphatic rings. The number of halogens is 1. The molecule has 6 atom stereocenters. The van der Waals surface area contributed by atoms with E-state index in [1.165, 1.54) is 14.2 Å². The number of hydrogen-bond acceptors (Lipinski definition) is 7. The molecule has 150 valence electrons. The summed E-state index contributed by atoms with van der Waals surface area (Å²) in [4.78, 5) is 36.9. The fraction of sp³-hybridized carbons (Fsp3) is 0.526. The van der Waals surface area contributed by atoms with Crippen LogP contribution in [0.3, 0.4) is 0 Å². The van der Waals surface area contributed by atoms with E-state index in [1.807, 2.05) is 0 Å². The second-order valence-electron chi connectivity index (χ2n) is 7.18. The summed E-state index contributed by atoms with van der Waals surface area (Å²) in [7, 11) is 3.00. The summed E-state index contributed by atoms with van der Waals surface area (Å²) in [5, 5.41) is 2.65. The molecule has 4 rings (SSSR count). The van der Waals surface area contributed by atoms with Crippen molar-refractivity contribution < 1.29 is 33.3 Å². The Bertz CT molecular complexity index is 829. The Kier molecular flexibility index (Phi) is 4.95. The Hall–Kier alpha value is -2.29. The Morgan fingerprint density at radius 2 is 2.04 bits per heavy atom. The molecule has 28 heavy (non-hydrogen) atoms. The minimum absolute atomic E-state index is 0.0134. The zero-order valence-electron chi connectivity index (χ0n) is 15.3. The van der Waals surface area contributed by atoms with Crippen LogP contribution in [0.15, 0.2) is 18.2 Å². The van der Waals surface area contributed by atoms with E-state index in [9.17, 15) is 14.4 Å². The molecule has 1 saturated heterocycles. The van der Waals surface area contributed by atoms with Gasteiger partial charge in [0.1, 0.15) is 17.6 Å². The number of esters is 2. The van der Waals surface area contributed by atoms with Crippen LogP contribution >= 0.6 is 15.9 Å². The number of ether oxygens (including phenoxy) is 4. The number of benzene rings is 1. The van der Waals surface area contributed by atoms with Crippen LogP contribution in [0.25, 0.3) is 0 Å². The highest BCUT2D eigenvalue weighted by Gasteiger charge is 2.68. The number of methoxy groups -OCH3 is 2. The number of hydrogen-bond donors (Lipinski definition) is 1. The van der Waals surface area contributed by atoms with Crippen LogP contribution in [0.1, 0.15) is 6.42 Å². The van der Waals surface area contributed by atoms with Crippen molar-refractivity contribution in [2.75, 3.05) is 26.1 Å². The van der Waals surface area contributed by atoms with E-state index in [4.69, 9.17) is 18.9 Å². The molecular weight excluding hydrogens is 434 g/mol. The lowest BCUT2D eigenvalue weighted by atomic mass is 9.80. The highest BCUT2D eigenvalue weighted by Crippen LogP contribution is 2.60. The van der Waals surface area contributed by atoms with Gasteiger partial charge in [-0.3, -0.25) is 14.4 Å². The third-order valence-electron chi connectivity index (χ3n) is 5.82. The van der Waals surface area contributed by atoms with Gasteiger partial charge in [0, 0.05) is 12.0 Å². The molecule has 8 nitrogen and oxygen atoms in total. The van der Waals surface area contributed by atoms with Crippen molar-refractivity contribution >= 4 is 39.5 Å². The van der Waals surface area contributed by atoms with E-state index < -0.39 is 30.3 Å². The topological polar surface area (TPSA) is 100 Å². The molecule has 0 unspecified atom stereocenters. The third-order valence-corrected chi connectivity index (χ3v) is 7.02. The van der Waals surface area contributed by atoms with E-state index in [-0.39, 0.29) is 28.7 Å². The van der Waals surface area contributed by atoms with Gasteiger partial charge in [-0.25, -0.2) is 0 Å². The first-order valence-corrected chi connectivity index (χ1v) is 9.89. The lowest BCUT2D eigenvalue weighted by Gasteiger charge is -2.26. The monoisotopic (exact) mass is 453 g/mol. The van der Waals surface area contributed by atoms with Crippen molar-refractivity contribution in [3.63, 3.8) is 0 Å². The second-order valence-corrected chi connectivity index (χ2v) is 8.24. The fourth-order valence-corrected chi connectivity index (χ4v) is 5.67. The van der Waals surface area contributed by atoms with Gasteiger partial charge in [-0.15, -0.1) is 0 Å². The molecule has 9 heteroatoms. The van der Waals surface area contributed by atoms with Gasteiger partial charge in [0.2, 0.25) is 0 Å². The van der Waals surface area contributed by atoms with Gasteiger partial charge in [0.15, 0.2) is 6.61 Å². The van der Waals surface area contributed by atoms with Crippen LogP contribution in [0, 0.1) is 23.7 Å². The average molecular weight is 454 g/mol. The molecule has 1 N–H and O–H groups in total. The van der Waals surface area contributed by atoms with Gasteiger partial charge in [0.05, 0.1) is 36.6 Å². The first-order chi connectivity index (χ1) is 13.4. The SMILES string of the molecule is COc1ccc(OC)c(NC(=O)COC(=O)[C@@H]2[C@H]3C[C@H]4[C@H](OC(=O)[C@@H]42)[C@@H]3Br)c1. The molecule has 1 aromatic rings. The zero-order valence-corrected chi connectivity index (χ0v) is 16.9. The summed E-state index contributed by atoms with van der Waals surface area (Å²) in [5.41, 5.74) is 0.408. The van der Waals surface area contributed by atoms with Gasteiger partial charge >= 0.3 is 11.9 Å². The second kappa shape index (κ2) is 7.27. The van der Waals surface area contributed by atoms with Crippen molar-refractivity contribution in [3.05, 3.63) is 18.2 Å². The fourth-order valence-electron chi connectivity index (χ4n) is 4.63. The summed E-state index contributed by atoms with van der Waals surface area (Å²) >= 11 is 3.55. The van der Waals surface area contributed by atoms with Crippen LogP contribution in [0.4, 0.5) is 5.69 Å². The highest BCUT2D eigenvalue weighted by atomic mass is 79.9. The maximum Gasteiger partial charge on any atom is 0.310 e. The van der Waals surface area contributed by atoms with Crippen molar-refractivity contribution in [1.29, 1.82) is 0 Å². The third kappa shape index (κ3) is 3.01. The molecule has 0 spiro atoms. The van der Waals surface area contributed by atoms with Crippen molar-refractivity contribution in [1.82, 2.24) is 0 Å². The first kappa shape index (κ1) is 19.0. The standard InChI is InChI=1S/C19H20BrNO7/c1-25-8-3-4-12(26-2)11(5-8)21-13(22)7-27-18(23)14-9-6-10-15(14)19(24)28-17(10)16(9)20/h3-5,9-10,14-17H,6-7H2,1-2H3,(H,21,22)/t9-,10-,14-,15+,16-,17+/m1/s1. The van der Waals surface area contributed by atoms with Gasteiger partial charge in [-0.1, -0.05) is 15.9 Å². The Balaban J connectivity index is 1.38. The van der Waals surface area contributed by atoms with Crippen LogP contribution in [-0.4, -0.2) is 49.6 Å². The molecule has 3 fully saturated rings. The quantitative estimate of drug-likeness (QED) is 0.517. The summed E-state index contributed by atoms with van der Waals surface area (Å²) in [6.45, 7) is -0.453. The molecule has 0 aromatic heterocycles. The number of amides is 1. The van der Waals surface area contributed by atoms with Gasteiger partial charge in [-0.05, 0) is 24.5 Å². The smallest absolute Gasteiger partial charge is 0.310 e. The maximum absolute atomic E-state index is 12.6. The first-order valence-electron chi connectivity index (χ1n) is 8.97. The predicted molar refractivity (Wildman–Crippen MR) is 100 cm³/mol. The van der Waals surface area contributed by atoms with Crippen LogP contribution in [0.5, 0.6) is 11.5 Å². The van der Waals surface area contributed by atoms with E-state index in [2.05, 4.69) is 21.2 Å². The normalized spacial score (nSPS) is 32.0. The van der Waals surface area contributed by atoms with E-state index >= 15 is 0 Å². The number of rotatable bonds is 6. The largest absolute Gasteiger partial charge is 0.497 e. The summed E-state index contributed by atoms with van der Waals surface area (Å²) < 4.78 is 21.0. The average Bonchev–Trinajstić information content (AvgIpc) is 3.30. The lowest BCUT2D eigenvalue weighted by molar-refractivity contribution is -0.157. The number of carbonyl (C=O) groups is 3. The lowest BCUT2D eigenvalue weighted by Crippen LogP contribution is -2.39. The van der Waals surface area contributed by atoms with Gasteiger partial charge in [-0.2, -0.15) is 0 Å². The molecule has 2 aliphatic carbocycles. The van der Waals surface area contributed by atoms with Gasteiger partial charge in [0.25, 0.3) is 5.91 Å². The van der Waals surface area contributed by atoms with E-state index in [0.717, 1.165) is 6.42 Å². The van der Waals surface area contributed by atoms with E-state index in [0.29, 0.717) is 17.2 Å². The minimum Gasteiger partial charge on any atom is -0.497 e. The molecule has 2 saturated carbocycles. The predicted octanol–water partition coefficient (Wildman–Crippen LogP) is 1.76. The summed E-state index contributed by atoms with van der Waals surface area (Å²) in [5.74, 6) is -1.38. The van der Waals surface area contributed by atoms with E-state index in [1.54, 1.807) is 18.2 Å². The maximum atomic E-state index is 12.6. The number of anilines is 1. The molecule has 1 aromatic carbocycles. The van der Waals surface area contributed by atoms with Gasteiger partial charge < -0.3 is 24.3 Å². The number of nitrogens with one attached hydrogen (secondary N) is 1. The van der Waals surface area contributed by atoms with Crippen molar-refractivity contribution in [2.45, 2.75) is 17.4 Å². The van der Waals surface area contributed by atoms with Crippen LogP contribution in [0.2, 0.25) is 0 Å². The van der Waals surface area contributed by atoms with Crippen molar-refractivity contribution in [3.8, 4) is 11.5 Å². The molecule has 1 aliphatic heterocycles. The molecule has 1 heterocycles. The number of fused-ring (bicyclic) bond motifs is 1. The molecule has 0 radical (unpaired) electrons. The summed E-state index contributed by atoms with van der Waals surface area (Å²) in [6, 6.07) is 4.97. The minimum atomic E-state index is -0.570. The van der Waals surface area contributed by atoms with Crippen LogP contribution in [-0.2, 0) is 23.9 Å². The Morgan fingerprint density at radius 1 is 1.25 bits per heavy atom. The van der Waals surface area contributed by atoms with Crippen LogP contribution < -0.4 is 14.8 Å². The zero-order chi connectivity index (χ0) is 20.0. The van der Waals surface area contributed by atoms with Crippen molar-refractivity contribution in [2.24, 2.45) is 23.7 Å². The molecular formula is C19H20BrNO7.